The van der Waals surface area contributed by atoms with Gasteiger partial charge in [-0.1, -0.05) is 41.9 Å². The topological polar surface area (TPSA) is 366 Å². The van der Waals surface area contributed by atoms with E-state index in [1.165, 1.54) is 30.9 Å². The summed E-state index contributed by atoms with van der Waals surface area (Å²) in [7, 11) is -2.90. The maximum Gasteiger partial charge on any atom is 0.526 e. The van der Waals surface area contributed by atoms with E-state index >= 15 is 0 Å². The third-order valence-corrected chi connectivity index (χ3v) is 11.3. The molecule has 12 rings (SSSR count). The van der Waals surface area contributed by atoms with E-state index in [4.69, 9.17) is 72.3 Å². The summed E-state index contributed by atoms with van der Waals surface area (Å²) in [5.41, 5.74) is 28.1. The van der Waals surface area contributed by atoms with Gasteiger partial charge in [-0.2, -0.15) is 0 Å². The molecule has 0 aliphatic carbocycles. The highest BCUT2D eigenvalue weighted by Gasteiger charge is 2.17. The first kappa shape index (κ1) is 58.3. The lowest BCUT2D eigenvalue weighted by molar-refractivity contribution is 0.407. The van der Waals surface area contributed by atoms with Crippen molar-refractivity contribution in [3.05, 3.63) is 192 Å². The average molecular weight is 1160 g/mol. The van der Waals surface area contributed by atoms with Crippen LogP contribution in [0.25, 0.3) is 67.4 Å². The lowest BCUT2D eigenvalue weighted by Gasteiger charge is -2.08. The molecule has 22 nitrogen and oxygen atoms in total. The first-order valence-electron chi connectivity index (χ1n) is 23.8. The van der Waals surface area contributed by atoms with E-state index in [0.29, 0.717) is 78.6 Å². The Kier molecular flexibility index (Phi) is 20.3. The minimum absolute atomic E-state index is 0.188. The number of hydrogen-bond donors (Lipinski definition) is 8. The van der Waals surface area contributed by atoms with Crippen LogP contribution in [0.2, 0.25) is 5.15 Å². The van der Waals surface area contributed by atoms with Crippen molar-refractivity contribution in [1.29, 1.82) is 0 Å². The fraction of sp³-hybridized carbons (Fsp3) is 0.0741. The van der Waals surface area contributed by atoms with Gasteiger partial charge in [-0.25, -0.2) is 29.9 Å². The van der Waals surface area contributed by atoms with Crippen LogP contribution >= 0.6 is 27.5 Å². The van der Waals surface area contributed by atoms with Gasteiger partial charge in [-0.05, 0) is 133 Å². The van der Waals surface area contributed by atoms with Crippen LogP contribution in [0.4, 0.5) is 23.3 Å². The van der Waals surface area contributed by atoms with Crippen LogP contribution in [0.5, 0.6) is 0 Å². The van der Waals surface area contributed by atoms with E-state index in [2.05, 4.69) is 65.8 Å². The second kappa shape index (κ2) is 27.8. The van der Waals surface area contributed by atoms with Gasteiger partial charge in [0.05, 0.1) is 59.7 Å². The van der Waals surface area contributed by atoms with Crippen LogP contribution in [0, 0.1) is 27.7 Å². The van der Waals surface area contributed by atoms with Crippen molar-refractivity contribution in [2.24, 2.45) is 0 Å². The predicted octanol–water partition coefficient (Wildman–Crippen LogP) is 7.75. The van der Waals surface area contributed by atoms with Gasteiger partial charge in [0.25, 0.3) is 0 Å². The van der Waals surface area contributed by atoms with Crippen LogP contribution in [-0.2, 0) is 0 Å². The second-order valence-electron chi connectivity index (χ2n) is 16.8. The number of nitrogens with zero attached hydrogens (tertiary/aromatic N) is 10. The van der Waals surface area contributed by atoms with Gasteiger partial charge in [0.2, 0.25) is 0 Å². The molecule has 12 N–H and O–H groups in total. The van der Waals surface area contributed by atoms with Gasteiger partial charge < -0.3 is 60.7 Å². The molecule has 0 aliphatic rings. The van der Waals surface area contributed by atoms with Gasteiger partial charge in [0.1, 0.15) is 73.0 Å². The van der Waals surface area contributed by atoms with Crippen molar-refractivity contribution in [2.45, 2.75) is 27.7 Å². The van der Waals surface area contributed by atoms with E-state index in [1.807, 2.05) is 99.6 Å². The number of halogens is 2. The Morgan fingerprint density at radius 3 is 1.49 bits per heavy atom. The highest BCUT2D eigenvalue weighted by molar-refractivity contribution is 9.10. The first-order chi connectivity index (χ1) is 38.4. The van der Waals surface area contributed by atoms with E-state index in [-0.39, 0.29) is 5.66 Å². The molecule has 0 fully saturated rings. The molecular formula is C54H50B2BrClN14O8. The molecule has 10 heterocycles. The summed E-state index contributed by atoms with van der Waals surface area (Å²) < 4.78 is 22.0. The molecule has 0 aliphatic heterocycles. The quantitative estimate of drug-likeness (QED) is 0.0737. The Hall–Kier alpha value is -9.36. The van der Waals surface area contributed by atoms with E-state index < -0.39 is 14.2 Å². The summed E-state index contributed by atoms with van der Waals surface area (Å²) in [5.74, 6) is 6.66. The van der Waals surface area contributed by atoms with Crippen molar-refractivity contribution >= 4 is 98.0 Å². The molecule has 26 heteroatoms. The lowest BCUT2D eigenvalue weighted by Crippen LogP contribution is -2.29. The molecule has 12 aromatic rings. The standard InChI is InChI=1S/C18H14N4O.C9H8BNO2.C9H8BrN3O.C9H9N3O.C5H7BO3.C4H4ClN3/c1-11-4-7-15(23-11)18-17(21-10-16(19)22-18)13-5-6-14-12(9-13)3-2-8-20-14;12-10(13)8-3-4-9-7(6-8)2-1-5-11-9;1-5-2-3-6(14-5)8-9(10)12-4-7(11)13-8;1-6-2-3-8(13-6)7-4-11-5-9(10)12-7;1-4-2-3-5(9-4)6(7)8;5-3-1-7-2-4(6)8-3/h2-10H,1H3,(H2,19,22);1-6,12-13H;2-4H,1H3,(H2,11,13);2-5H,1H3,(H2,10,12);2-3,7-8H,1H3;1-2H,(H2,6,8). The molecule has 0 bridgehead atoms. The Labute approximate surface area is 471 Å². The minimum atomic E-state index is -1.49. The highest BCUT2D eigenvalue weighted by Crippen LogP contribution is 2.32. The van der Waals surface area contributed by atoms with E-state index in [0.717, 1.165) is 50.3 Å². The second-order valence-corrected chi connectivity index (χ2v) is 18.0. The van der Waals surface area contributed by atoms with Gasteiger partial charge in [-0.3, -0.25) is 19.9 Å². The number of aryl methyl sites for hydroxylation is 4. The van der Waals surface area contributed by atoms with Gasteiger partial charge in [0.15, 0.2) is 17.3 Å². The normalized spacial score (nSPS) is 10.3. The first-order valence-corrected chi connectivity index (χ1v) is 25.0. The summed E-state index contributed by atoms with van der Waals surface area (Å²) in [6, 6.07) is 33.2. The van der Waals surface area contributed by atoms with Crippen molar-refractivity contribution in [3.63, 3.8) is 0 Å². The molecule has 2 aromatic carbocycles. The maximum absolute atomic E-state index is 8.92. The zero-order chi connectivity index (χ0) is 57.3. The summed E-state index contributed by atoms with van der Waals surface area (Å²) in [5, 5.41) is 37.1. The smallest absolute Gasteiger partial charge is 0.470 e. The molecule has 80 heavy (non-hydrogen) atoms. The third-order valence-electron chi connectivity index (χ3n) is 10.6. The fourth-order valence-electron chi connectivity index (χ4n) is 6.95. The van der Waals surface area contributed by atoms with Crippen LogP contribution < -0.4 is 34.1 Å². The summed E-state index contributed by atoms with van der Waals surface area (Å²) >= 11 is 8.68. The number of rotatable bonds is 6. The molecule has 0 radical (unpaired) electrons. The number of hydrogen-bond acceptors (Lipinski definition) is 22. The van der Waals surface area contributed by atoms with Gasteiger partial charge >= 0.3 is 14.2 Å². The largest absolute Gasteiger partial charge is 0.526 e. The molecule has 0 atom stereocenters. The molecule has 10 aromatic heterocycles. The maximum atomic E-state index is 8.92. The van der Waals surface area contributed by atoms with Crippen LogP contribution in [0.15, 0.2) is 181 Å². The number of nitrogens with two attached hydrogens (primary N) is 4. The van der Waals surface area contributed by atoms with Crippen LogP contribution in [0.3, 0.4) is 0 Å². The number of furan rings is 4. The van der Waals surface area contributed by atoms with Gasteiger partial charge in [-0.15, -0.1) is 0 Å². The molecule has 0 saturated carbocycles. The van der Waals surface area contributed by atoms with Gasteiger partial charge in [0, 0.05) is 23.3 Å². The fourth-order valence-corrected chi connectivity index (χ4v) is 7.49. The Balaban J connectivity index is 0.000000144. The molecule has 0 amide bonds. The van der Waals surface area contributed by atoms with E-state index in [9.17, 15) is 0 Å². The Bertz CT molecular complexity index is 3940. The lowest BCUT2D eigenvalue weighted by atomic mass is 9.80. The minimum Gasteiger partial charge on any atom is -0.470 e. The summed E-state index contributed by atoms with van der Waals surface area (Å²) in [6.07, 6.45) is 12.5. The summed E-state index contributed by atoms with van der Waals surface area (Å²) in [4.78, 5) is 40.8. The Morgan fingerprint density at radius 1 is 0.463 bits per heavy atom. The zero-order valence-corrected chi connectivity index (χ0v) is 45.5. The van der Waals surface area contributed by atoms with Crippen LogP contribution in [-0.4, -0.2) is 84.2 Å². The summed E-state index contributed by atoms with van der Waals surface area (Å²) in [6.45, 7) is 7.39. The average Bonchev–Trinajstić information content (AvgIpc) is 4.31. The van der Waals surface area contributed by atoms with E-state index in [1.54, 1.807) is 56.0 Å². The number of aromatic nitrogens is 10. The number of nitrogen functional groups attached to an aromatic ring is 4. The molecule has 0 saturated heterocycles. The zero-order valence-electron chi connectivity index (χ0n) is 43.1. The number of pyridine rings is 2. The molecule has 404 valence electrons. The molecule has 0 spiro atoms. The number of fused-ring (bicyclic) bond motifs is 2. The Morgan fingerprint density at radius 2 is 0.975 bits per heavy atom. The third kappa shape index (κ3) is 16.8. The van der Waals surface area contributed by atoms with Crippen molar-refractivity contribution in [1.82, 2.24) is 49.8 Å². The van der Waals surface area contributed by atoms with Crippen molar-refractivity contribution < 1.29 is 37.8 Å². The highest BCUT2D eigenvalue weighted by atomic mass is 79.9. The van der Waals surface area contributed by atoms with Crippen LogP contribution in [0.1, 0.15) is 23.0 Å². The molecular weight excluding hydrogens is 1110 g/mol. The van der Waals surface area contributed by atoms with Crippen molar-refractivity contribution in [2.75, 3.05) is 22.9 Å². The predicted molar refractivity (Wildman–Crippen MR) is 311 cm³/mol. The van der Waals surface area contributed by atoms with Crippen molar-refractivity contribution in [3.8, 4) is 45.6 Å². The SMILES string of the molecule is Cc1ccc(-c2cncc(N)n2)o1.Cc1ccc(-c2nc(N)cnc2-c2ccc3ncccc3c2)o1.Cc1ccc(-c2nc(N)cnc2Br)o1.Cc1ccc(B(O)O)o1.Nc1cncc(Cl)n1.OB(O)c1ccc2ncccc2c1. The monoisotopic (exact) mass is 1160 g/mol. The number of anilines is 4. The number of benzene rings is 2. The molecule has 0 unspecified atom stereocenters.